The molecule has 0 amide bonds. The summed E-state index contributed by atoms with van der Waals surface area (Å²) >= 11 is 1.20. The van der Waals surface area contributed by atoms with Gasteiger partial charge >= 0.3 is 5.97 Å². The maximum absolute atomic E-state index is 14.0. The van der Waals surface area contributed by atoms with Crippen LogP contribution in [0.4, 0.5) is 5.69 Å². The van der Waals surface area contributed by atoms with Crippen molar-refractivity contribution in [3.05, 3.63) is 78.5 Å². The van der Waals surface area contributed by atoms with Gasteiger partial charge in [0, 0.05) is 30.4 Å². The second-order valence-electron chi connectivity index (χ2n) is 9.29. The Balaban J connectivity index is 1.91. The van der Waals surface area contributed by atoms with Crippen molar-refractivity contribution in [3.63, 3.8) is 0 Å². The summed E-state index contributed by atoms with van der Waals surface area (Å²) in [6, 6.07) is 10.0. The highest BCUT2D eigenvalue weighted by Gasteiger charge is 2.34. The Hall–Kier alpha value is -4.05. The first-order valence-corrected chi connectivity index (χ1v) is 14.8. The van der Waals surface area contributed by atoms with Crippen LogP contribution in [0.15, 0.2) is 57.5 Å². The molecule has 4 rings (SSSR count). The summed E-state index contributed by atoms with van der Waals surface area (Å²) < 4.78 is 18.9. The lowest BCUT2D eigenvalue weighted by molar-refractivity contribution is -0.139. The summed E-state index contributed by atoms with van der Waals surface area (Å²) in [4.78, 5) is 34.4. The van der Waals surface area contributed by atoms with Crippen molar-refractivity contribution in [3.8, 4) is 17.2 Å². The summed E-state index contributed by atoms with van der Waals surface area (Å²) in [6.07, 6.45) is 1.66. The molecule has 3 aromatic rings. The van der Waals surface area contributed by atoms with Gasteiger partial charge in [-0.3, -0.25) is 9.36 Å². The van der Waals surface area contributed by atoms with E-state index in [2.05, 4.69) is 23.7 Å². The smallest absolute Gasteiger partial charge is 0.338 e. The number of allylic oxidation sites excluding steroid dienone is 1. The molecule has 0 saturated carbocycles. The average Bonchev–Trinajstić information content (AvgIpc) is 3.25. The molecular weight excluding hydrogens is 542 g/mol. The molecule has 0 aliphatic carbocycles. The first-order valence-electron chi connectivity index (χ1n) is 13.9. The lowest BCUT2D eigenvalue weighted by Gasteiger charge is -2.25. The second kappa shape index (κ2) is 13.1. The molecule has 41 heavy (non-hydrogen) atoms. The number of ether oxygens (including phenoxy) is 3. The lowest BCUT2D eigenvalue weighted by Crippen LogP contribution is -2.40. The van der Waals surface area contributed by atoms with Crippen molar-refractivity contribution < 1.29 is 24.1 Å². The number of hydrogen-bond acceptors (Lipinski definition) is 9. The highest BCUT2D eigenvalue weighted by atomic mass is 32.1. The zero-order valence-electron chi connectivity index (χ0n) is 24.4. The van der Waals surface area contributed by atoms with Gasteiger partial charge in [0.15, 0.2) is 16.3 Å². The monoisotopic (exact) mass is 579 g/mol. The molecule has 10 heteroatoms. The van der Waals surface area contributed by atoms with Crippen LogP contribution in [-0.4, -0.2) is 48.6 Å². The number of fused-ring (bicyclic) bond motifs is 1. The number of hydrogen-bond donors (Lipinski definition) is 1. The second-order valence-corrected chi connectivity index (χ2v) is 10.3. The summed E-state index contributed by atoms with van der Waals surface area (Å²) in [6.45, 7) is 14.0. The predicted molar refractivity (Wildman–Crippen MR) is 161 cm³/mol. The number of phenols is 1. The van der Waals surface area contributed by atoms with Crippen molar-refractivity contribution in [2.45, 2.75) is 47.6 Å². The molecule has 2 aromatic carbocycles. The molecule has 0 saturated heterocycles. The fraction of sp³-hybridized carbons (Fsp3) is 0.387. The third kappa shape index (κ3) is 6.02. The summed E-state index contributed by atoms with van der Waals surface area (Å²) in [5, 5.41) is 10.8. The molecule has 1 aliphatic heterocycles. The van der Waals surface area contributed by atoms with Crippen molar-refractivity contribution in [2.24, 2.45) is 4.99 Å². The minimum atomic E-state index is -0.791. The van der Waals surface area contributed by atoms with Gasteiger partial charge in [-0.2, -0.15) is 0 Å². The van der Waals surface area contributed by atoms with Crippen LogP contribution in [0.3, 0.4) is 0 Å². The fourth-order valence-electron chi connectivity index (χ4n) is 4.93. The molecule has 0 fully saturated rings. The van der Waals surface area contributed by atoms with E-state index in [9.17, 15) is 14.7 Å². The Kier molecular flexibility index (Phi) is 9.54. The van der Waals surface area contributed by atoms with Gasteiger partial charge < -0.3 is 24.2 Å². The number of esters is 1. The molecule has 2 heterocycles. The zero-order valence-corrected chi connectivity index (χ0v) is 25.2. The van der Waals surface area contributed by atoms with E-state index in [4.69, 9.17) is 14.2 Å². The third-order valence-electron chi connectivity index (χ3n) is 6.83. The molecule has 1 aromatic heterocycles. The highest BCUT2D eigenvalue weighted by molar-refractivity contribution is 7.07. The van der Waals surface area contributed by atoms with E-state index in [-0.39, 0.29) is 23.5 Å². The fourth-order valence-corrected chi connectivity index (χ4v) is 5.96. The first kappa shape index (κ1) is 29.9. The normalized spacial score (nSPS) is 14.9. The number of benzene rings is 2. The number of carbonyl (C=O) groups is 1. The van der Waals surface area contributed by atoms with Gasteiger partial charge in [0.2, 0.25) is 0 Å². The average molecular weight is 580 g/mol. The molecule has 1 aliphatic rings. The Morgan fingerprint density at radius 2 is 1.73 bits per heavy atom. The van der Waals surface area contributed by atoms with Gasteiger partial charge in [-0.15, -0.1) is 0 Å². The van der Waals surface area contributed by atoms with Crippen LogP contribution in [0.2, 0.25) is 0 Å². The number of carbonyl (C=O) groups excluding carboxylic acids is 1. The molecular formula is C31H37N3O6S. The summed E-state index contributed by atoms with van der Waals surface area (Å²) in [5.74, 6) is 0.634. The topological polar surface area (TPSA) is 103 Å². The van der Waals surface area contributed by atoms with Crippen molar-refractivity contribution in [1.29, 1.82) is 0 Å². The van der Waals surface area contributed by atoms with Crippen LogP contribution in [-0.2, 0) is 9.53 Å². The molecule has 1 N–H and O–H groups in total. The van der Waals surface area contributed by atoms with E-state index in [0.29, 0.717) is 50.9 Å². The van der Waals surface area contributed by atoms with Gasteiger partial charge in [0.25, 0.3) is 5.56 Å². The molecule has 1 unspecified atom stereocenters. The summed E-state index contributed by atoms with van der Waals surface area (Å²) in [5.41, 5.74) is 2.51. The van der Waals surface area contributed by atoms with Crippen molar-refractivity contribution in [1.82, 2.24) is 4.57 Å². The maximum atomic E-state index is 14.0. The minimum absolute atomic E-state index is 0.0769. The Labute approximate surface area is 243 Å². The molecule has 0 bridgehead atoms. The Morgan fingerprint density at radius 3 is 2.37 bits per heavy atom. The van der Waals surface area contributed by atoms with Crippen LogP contribution in [0.5, 0.6) is 17.2 Å². The quantitative estimate of drug-likeness (QED) is 0.341. The molecule has 9 nitrogen and oxygen atoms in total. The Morgan fingerprint density at radius 1 is 1.02 bits per heavy atom. The van der Waals surface area contributed by atoms with E-state index in [0.717, 1.165) is 18.8 Å². The van der Waals surface area contributed by atoms with Gasteiger partial charge in [-0.1, -0.05) is 17.4 Å². The van der Waals surface area contributed by atoms with E-state index in [1.165, 1.54) is 15.9 Å². The van der Waals surface area contributed by atoms with Gasteiger partial charge in [0.1, 0.15) is 5.75 Å². The largest absolute Gasteiger partial charge is 0.507 e. The van der Waals surface area contributed by atoms with Crippen LogP contribution < -0.4 is 29.3 Å². The van der Waals surface area contributed by atoms with Crippen molar-refractivity contribution >= 4 is 29.1 Å². The van der Waals surface area contributed by atoms with E-state index in [1.807, 2.05) is 26.0 Å². The van der Waals surface area contributed by atoms with Crippen LogP contribution in [0.1, 0.15) is 58.7 Å². The first-order chi connectivity index (χ1) is 19.8. The maximum Gasteiger partial charge on any atom is 0.338 e. The van der Waals surface area contributed by atoms with E-state index < -0.39 is 12.0 Å². The predicted octanol–water partition coefficient (Wildman–Crippen LogP) is 4.15. The van der Waals surface area contributed by atoms with E-state index >= 15 is 0 Å². The SMILES string of the molecule is CCOC(=O)C1=C(C)N=c2sc(=Cc3ccc(N(CC)CC)cc3O)c(=O)n2C1c1ccc(OCC)c(OCC)c1. The third-order valence-corrected chi connectivity index (χ3v) is 7.81. The standard InChI is InChI=1S/C31H37N3O6S/c1-7-33(8-2)22-14-12-20(23(35)18-22)17-26-29(36)34-28(21-13-15-24(38-9-3)25(16-21)39-10-4)27(30(37)40-11-5)19(6)32-31(34)41-26/h12-18,28,35H,7-11H2,1-6H3. The number of aromatic hydroxyl groups is 1. The number of aromatic nitrogens is 1. The van der Waals surface area contributed by atoms with Gasteiger partial charge in [0.05, 0.1) is 41.7 Å². The van der Waals surface area contributed by atoms with E-state index in [1.54, 1.807) is 44.2 Å². The van der Waals surface area contributed by atoms with Gasteiger partial charge in [-0.25, -0.2) is 9.79 Å². The number of anilines is 1. The Bertz CT molecular complexity index is 1630. The minimum Gasteiger partial charge on any atom is -0.507 e. The van der Waals surface area contributed by atoms with Gasteiger partial charge in [-0.05, 0) is 77.4 Å². The number of nitrogens with zero attached hydrogens (tertiary/aromatic N) is 3. The van der Waals surface area contributed by atoms with Crippen LogP contribution >= 0.6 is 11.3 Å². The van der Waals surface area contributed by atoms with Crippen LogP contribution in [0, 0.1) is 0 Å². The molecule has 0 radical (unpaired) electrons. The number of thiazole rings is 1. The molecule has 218 valence electrons. The summed E-state index contributed by atoms with van der Waals surface area (Å²) in [7, 11) is 0. The van der Waals surface area contributed by atoms with Crippen LogP contribution in [0.25, 0.3) is 6.08 Å². The molecule has 1 atom stereocenters. The number of phenolic OH excluding ortho intramolecular Hbond substituents is 1. The van der Waals surface area contributed by atoms with Crippen molar-refractivity contribution in [2.75, 3.05) is 37.8 Å². The number of rotatable bonds is 11. The zero-order chi connectivity index (χ0) is 29.7. The highest BCUT2D eigenvalue weighted by Crippen LogP contribution is 2.36. The lowest BCUT2D eigenvalue weighted by atomic mass is 9.95. The molecule has 0 spiro atoms.